The molecule has 0 radical (unpaired) electrons. The van der Waals surface area contributed by atoms with Gasteiger partial charge in [-0.3, -0.25) is 9.78 Å². The van der Waals surface area contributed by atoms with Crippen molar-refractivity contribution in [1.82, 2.24) is 25.4 Å². The molecule has 0 saturated carbocycles. The lowest BCUT2D eigenvalue weighted by molar-refractivity contribution is -0.135. The van der Waals surface area contributed by atoms with Crippen molar-refractivity contribution in [2.45, 2.75) is 58.1 Å². The molecule has 1 atom stereocenters. The van der Waals surface area contributed by atoms with Gasteiger partial charge in [-0.25, -0.2) is 14.7 Å². The monoisotopic (exact) mass is 339 g/mol. The van der Waals surface area contributed by atoms with Crippen LogP contribution in [0.25, 0.3) is 0 Å². The molecule has 3 N–H and O–H groups in total. The number of hydrogen-bond acceptors (Lipinski definition) is 5. The second-order valence-electron chi connectivity index (χ2n) is 6.84. The Balaban J connectivity index is 1.88. The Hall–Kier alpha value is -2.32. The number of aromatic amines is 2. The fourth-order valence-electron chi connectivity index (χ4n) is 2.68. The zero-order chi connectivity index (χ0) is 17.7. The molecule has 9 nitrogen and oxygen atoms in total. The van der Waals surface area contributed by atoms with Gasteiger partial charge in [-0.15, -0.1) is 0 Å². The first-order chi connectivity index (χ1) is 11.3. The molecule has 9 heteroatoms. The third kappa shape index (κ3) is 5.10. The molecular weight excluding hydrogens is 314 g/mol. The normalized spacial score (nSPS) is 18.3. The van der Waals surface area contributed by atoms with Crippen LogP contribution in [0.4, 0.5) is 4.79 Å². The molecule has 1 aliphatic rings. The molecular formula is C15H25N5O4. The van der Waals surface area contributed by atoms with Crippen molar-refractivity contribution in [2.75, 3.05) is 13.1 Å². The molecule has 0 spiro atoms. The number of ether oxygens (including phenoxy) is 1. The van der Waals surface area contributed by atoms with Crippen molar-refractivity contribution in [3.05, 3.63) is 16.3 Å². The molecule has 1 saturated heterocycles. The highest BCUT2D eigenvalue weighted by Crippen LogP contribution is 2.28. The van der Waals surface area contributed by atoms with Gasteiger partial charge in [0.25, 0.3) is 0 Å². The second kappa shape index (κ2) is 7.50. The summed E-state index contributed by atoms with van der Waals surface area (Å²) < 4.78 is 5.13. The average molecular weight is 339 g/mol. The van der Waals surface area contributed by atoms with Crippen LogP contribution in [0.15, 0.2) is 4.79 Å². The van der Waals surface area contributed by atoms with Crippen LogP contribution >= 0.6 is 0 Å². The SMILES string of the molecule is CC(C)(C)OC(=O)NCCC(=O)N1CCCC[C@H]1c1n[nH]c(=O)[nH]1. The third-order valence-electron chi connectivity index (χ3n) is 3.67. The summed E-state index contributed by atoms with van der Waals surface area (Å²) in [7, 11) is 0. The summed E-state index contributed by atoms with van der Waals surface area (Å²) >= 11 is 0. The van der Waals surface area contributed by atoms with E-state index in [0.29, 0.717) is 12.4 Å². The number of piperidine rings is 1. The largest absolute Gasteiger partial charge is 0.444 e. The van der Waals surface area contributed by atoms with E-state index < -0.39 is 11.7 Å². The maximum absolute atomic E-state index is 12.5. The number of carbonyl (C=O) groups is 2. The quantitative estimate of drug-likeness (QED) is 0.758. The van der Waals surface area contributed by atoms with Gasteiger partial charge in [0.15, 0.2) is 5.82 Å². The Kier molecular flexibility index (Phi) is 5.63. The van der Waals surface area contributed by atoms with Gasteiger partial charge in [-0.2, -0.15) is 5.10 Å². The summed E-state index contributed by atoms with van der Waals surface area (Å²) in [6.07, 6.45) is 2.27. The number of carbonyl (C=O) groups excluding carboxylic acids is 2. The van der Waals surface area contributed by atoms with Crippen LogP contribution in [-0.2, 0) is 9.53 Å². The van der Waals surface area contributed by atoms with E-state index in [1.54, 1.807) is 25.7 Å². The molecule has 2 heterocycles. The van der Waals surface area contributed by atoms with Gasteiger partial charge < -0.3 is 15.0 Å². The number of H-pyrrole nitrogens is 2. The number of aromatic nitrogens is 3. The molecule has 1 aromatic heterocycles. The average Bonchev–Trinajstić information content (AvgIpc) is 2.91. The predicted octanol–water partition coefficient (Wildman–Crippen LogP) is 1.07. The molecule has 0 aromatic carbocycles. The molecule has 24 heavy (non-hydrogen) atoms. The number of nitrogens with one attached hydrogen (secondary N) is 3. The molecule has 2 rings (SSSR count). The Labute approximate surface area is 140 Å². The van der Waals surface area contributed by atoms with E-state index in [0.717, 1.165) is 19.3 Å². The number of nitrogens with zero attached hydrogens (tertiary/aromatic N) is 2. The predicted molar refractivity (Wildman–Crippen MR) is 86.4 cm³/mol. The van der Waals surface area contributed by atoms with Crippen LogP contribution in [0.5, 0.6) is 0 Å². The Morgan fingerprint density at radius 2 is 2.12 bits per heavy atom. The van der Waals surface area contributed by atoms with Crippen LogP contribution < -0.4 is 11.0 Å². The first-order valence-electron chi connectivity index (χ1n) is 8.17. The van der Waals surface area contributed by atoms with Crippen LogP contribution in [0.1, 0.15) is 58.3 Å². The first-order valence-corrected chi connectivity index (χ1v) is 8.17. The van der Waals surface area contributed by atoms with Crippen LogP contribution in [0.2, 0.25) is 0 Å². The van der Waals surface area contributed by atoms with Gasteiger partial charge in [-0.1, -0.05) is 0 Å². The van der Waals surface area contributed by atoms with Gasteiger partial charge in [0.05, 0.1) is 6.04 Å². The summed E-state index contributed by atoms with van der Waals surface area (Å²) in [5.74, 6) is 0.396. The smallest absolute Gasteiger partial charge is 0.407 e. The lowest BCUT2D eigenvalue weighted by Gasteiger charge is -2.34. The Morgan fingerprint density at radius 1 is 1.38 bits per heavy atom. The maximum atomic E-state index is 12.5. The molecule has 2 amide bonds. The van der Waals surface area contributed by atoms with E-state index in [4.69, 9.17) is 4.74 Å². The van der Waals surface area contributed by atoms with E-state index in [-0.39, 0.29) is 30.6 Å². The third-order valence-corrected chi connectivity index (χ3v) is 3.67. The summed E-state index contributed by atoms with van der Waals surface area (Å²) in [6.45, 7) is 6.15. The van der Waals surface area contributed by atoms with Crippen molar-refractivity contribution in [1.29, 1.82) is 0 Å². The van der Waals surface area contributed by atoms with Gasteiger partial charge >= 0.3 is 11.8 Å². The van der Waals surface area contributed by atoms with Crippen molar-refractivity contribution in [2.24, 2.45) is 0 Å². The standard InChI is InChI=1S/C15H25N5O4/c1-15(2,3)24-14(23)16-8-7-11(21)20-9-5-4-6-10(20)12-17-13(22)19-18-12/h10H,4-9H2,1-3H3,(H,16,23)(H2,17,18,19,22)/t10-/m0/s1. The highest BCUT2D eigenvalue weighted by Gasteiger charge is 2.30. The lowest BCUT2D eigenvalue weighted by atomic mass is 10.0. The Morgan fingerprint density at radius 3 is 2.75 bits per heavy atom. The fourth-order valence-corrected chi connectivity index (χ4v) is 2.68. The minimum atomic E-state index is -0.572. The molecule has 1 aromatic rings. The van der Waals surface area contributed by atoms with E-state index in [2.05, 4.69) is 20.5 Å². The number of alkyl carbamates (subject to hydrolysis) is 1. The van der Waals surface area contributed by atoms with Crippen LogP contribution in [0, 0.1) is 0 Å². The highest BCUT2D eigenvalue weighted by molar-refractivity contribution is 5.77. The number of likely N-dealkylation sites (tertiary alicyclic amines) is 1. The molecule has 0 unspecified atom stereocenters. The number of amides is 2. The van der Waals surface area contributed by atoms with Crippen LogP contribution in [0.3, 0.4) is 0 Å². The minimum absolute atomic E-state index is 0.0837. The molecule has 134 valence electrons. The van der Waals surface area contributed by atoms with Gasteiger partial charge in [0, 0.05) is 19.5 Å². The van der Waals surface area contributed by atoms with Crippen LogP contribution in [-0.4, -0.2) is 50.8 Å². The van der Waals surface area contributed by atoms with Crippen molar-refractivity contribution < 1.29 is 14.3 Å². The highest BCUT2D eigenvalue weighted by atomic mass is 16.6. The second-order valence-corrected chi connectivity index (χ2v) is 6.84. The molecule has 1 fully saturated rings. The zero-order valence-corrected chi connectivity index (χ0v) is 14.3. The summed E-state index contributed by atoms with van der Waals surface area (Å²) in [4.78, 5) is 39.6. The van der Waals surface area contributed by atoms with E-state index in [1.165, 1.54) is 0 Å². The lowest BCUT2D eigenvalue weighted by Crippen LogP contribution is -2.41. The van der Waals surface area contributed by atoms with Crippen molar-refractivity contribution in [3.63, 3.8) is 0 Å². The summed E-state index contributed by atoms with van der Waals surface area (Å²) in [6, 6.07) is -0.230. The van der Waals surface area contributed by atoms with Crippen molar-refractivity contribution in [3.8, 4) is 0 Å². The van der Waals surface area contributed by atoms with Gasteiger partial charge in [-0.05, 0) is 40.0 Å². The number of rotatable bonds is 4. The molecule has 0 aliphatic carbocycles. The minimum Gasteiger partial charge on any atom is -0.444 e. The van der Waals surface area contributed by atoms with Crippen molar-refractivity contribution >= 4 is 12.0 Å². The number of hydrogen-bond donors (Lipinski definition) is 3. The fraction of sp³-hybridized carbons (Fsp3) is 0.733. The topological polar surface area (TPSA) is 120 Å². The maximum Gasteiger partial charge on any atom is 0.407 e. The molecule has 0 bridgehead atoms. The Bertz CT molecular complexity index is 630. The van der Waals surface area contributed by atoms with Gasteiger partial charge in [0.1, 0.15) is 5.60 Å². The summed E-state index contributed by atoms with van der Waals surface area (Å²) in [5.41, 5.74) is -0.952. The first kappa shape index (κ1) is 18.0. The van der Waals surface area contributed by atoms with E-state index in [9.17, 15) is 14.4 Å². The van der Waals surface area contributed by atoms with E-state index >= 15 is 0 Å². The summed E-state index contributed by atoms with van der Waals surface area (Å²) in [5, 5.41) is 8.86. The van der Waals surface area contributed by atoms with E-state index in [1.807, 2.05) is 0 Å². The zero-order valence-electron chi connectivity index (χ0n) is 14.3. The molecule has 1 aliphatic heterocycles. The van der Waals surface area contributed by atoms with Gasteiger partial charge in [0.2, 0.25) is 5.91 Å².